The standard InChI is InChI=1S/C28H22O3/c29-27(25-17-15-24(16-18-25)22-9-5-2-6-10-22)26(28(30)31)19-20-11-13-23(14-12-20)21-7-3-1-4-8-21/h1-18,26H,19H2,(H,30,31). The normalized spacial score (nSPS) is 11.6. The second-order valence-corrected chi connectivity index (χ2v) is 7.47. The number of carboxylic acids is 1. The Morgan fingerprint density at radius 2 is 1.00 bits per heavy atom. The van der Waals surface area contributed by atoms with Crippen LogP contribution >= 0.6 is 0 Å². The molecule has 3 nitrogen and oxygen atoms in total. The van der Waals surface area contributed by atoms with Crippen LogP contribution in [0.4, 0.5) is 0 Å². The first-order valence-corrected chi connectivity index (χ1v) is 10.2. The number of benzene rings is 4. The van der Waals surface area contributed by atoms with Crippen LogP contribution in [0.5, 0.6) is 0 Å². The zero-order valence-corrected chi connectivity index (χ0v) is 16.9. The van der Waals surface area contributed by atoms with Gasteiger partial charge in [0, 0.05) is 5.56 Å². The van der Waals surface area contributed by atoms with Gasteiger partial charge in [0.25, 0.3) is 0 Å². The summed E-state index contributed by atoms with van der Waals surface area (Å²) < 4.78 is 0. The average Bonchev–Trinajstić information content (AvgIpc) is 2.83. The lowest BCUT2D eigenvalue weighted by Gasteiger charge is -2.13. The molecule has 3 heteroatoms. The van der Waals surface area contributed by atoms with Crippen LogP contribution in [0, 0.1) is 5.92 Å². The number of hydrogen-bond acceptors (Lipinski definition) is 2. The first-order chi connectivity index (χ1) is 15.1. The summed E-state index contributed by atoms with van der Waals surface area (Å²) in [5.41, 5.74) is 5.42. The van der Waals surface area contributed by atoms with E-state index in [2.05, 4.69) is 0 Å². The highest BCUT2D eigenvalue weighted by Gasteiger charge is 2.27. The molecular weight excluding hydrogens is 384 g/mol. The van der Waals surface area contributed by atoms with E-state index in [1.165, 1.54) is 0 Å². The number of Topliss-reactive ketones (excluding diaryl/α,β-unsaturated/α-hetero) is 1. The number of carbonyl (C=O) groups excluding carboxylic acids is 1. The van der Waals surface area contributed by atoms with Gasteiger partial charge in [0.05, 0.1) is 0 Å². The summed E-state index contributed by atoms with van der Waals surface area (Å²) in [5, 5.41) is 9.71. The van der Waals surface area contributed by atoms with E-state index in [0.717, 1.165) is 27.8 Å². The number of rotatable bonds is 7. The summed E-state index contributed by atoms with van der Waals surface area (Å²) in [6.45, 7) is 0. The Hall–Kier alpha value is -3.98. The molecule has 4 aromatic rings. The average molecular weight is 406 g/mol. The van der Waals surface area contributed by atoms with Gasteiger partial charge in [0.1, 0.15) is 5.92 Å². The molecule has 4 rings (SSSR count). The number of carbonyl (C=O) groups is 2. The summed E-state index contributed by atoms with van der Waals surface area (Å²) in [7, 11) is 0. The third-order valence-corrected chi connectivity index (χ3v) is 5.39. The van der Waals surface area contributed by atoms with Gasteiger partial charge in [-0.05, 0) is 34.2 Å². The number of ketones is 1. The smallest absolute Gasteiger partial charge is 0.314 e. The Morgan fingerprint density at radius 1 is 0.581 bits per heavy atom. The predicted octanol–water partition coefficient (Wildman–Crippen LogP) is 6.15. The van der Waals surface area contributed by atoms with Crippen molar-refractivity contribution in [1.82, 2.24) is 0 Å². The summed E-state index contributed by atoms with van der Waals surface area (Å²) >= 11 is 0. The molecular formula is C28H22O3. The fourth-order valence-corrected chi connectivity index (χ4v) is 3.65. The van der Waals surface area contributed by atoms with Gasteiger partial charge in [-0.1, -0.05) is 109 Å². The molecule has 4 aromatic carbocycles. The van der Waals surface area contributed by atoms with Crippen LogP contribution < -0.4 is 0 Å². The summed E-state index contributed by atoms with van der Waals surface area (Å²) in [6, 6.07) is 34.7. The highest BCUT2D eigenvalue weighted by molar-refractivity contribution is 6.08. The molecule has 0 heterocycles. The number of aliphatic carboxylic acids is 1. The van der Waals surface area contributed by atoms with Gasteiger partial charge in [0.15, 0.2) is 5.78 Å². The predicted molar refractivity (Wildman–Crippen MR) is 123 cm³/mol. The number of hydrogen-bond donors (Lipinski definition) is 1. The third kappa shape index (κ3) is 4.78. The molecule has 0 amide bonds. The molecule has 152 valence electrons. The van der Waals surface area contributed by atoms with Crippen LogP contribution in [0.1, 0.15) is 15.9 Å². The van der Waals surface area contributed by atoms with Gasteiger partial charge in [0.2, 0.25) is 0 Å². The lowest BCUT2D eigenvalue weighted by atomic mass is 9.90. The maximum Gasteiger partial charge on any atom is 0.314 e. The second-order valence-electron chi connectivity index (χ2n) is 7.47. The molecule has 1 unspecified atom stereocenters. The fraction of sp³-hybridized carbons (Fsp3) is 0.0714. The van der Waals surface area contributed by atoms with Crippen molar-refractivity contribution in [2.75, 3.05) is 0 Å². The summed E-state index contributed by atoms with van der Waals surface area (Å²) in [4.78, 5) is 24.8. The van der Waals surface area contributed by atoms with Crippen LogP contribution in [-0.2, 0) is 11.2 Å². The highest BCUT2D eigenvalue weighted by Crippen LogP contribution is 2.23. The van der Waals surface area contributed by atoms with E-state index in [0.29, 0.717) is 5.56 Å². The molecule has 0 saturated carbocycles. The van der Waals surface area contributed by atoms with Crippen molar-refractivity contribution in [2.24, 2.45) is 5.92 Å². The van der Waals surface area contributed by atoms with Crippen molar-refractivity contribution in [3.8, 4) is 22.3 Å². The van der Waals surface area contributed by atoms with E-state index in [4.69, 9.17) is 0 Å². The highest BCUT2D eigenvalue weighted by atomic mass is 16.4. The van der Waals surface area contributed by atoms with E-state index in [-0.39, 0.29) is 12.2 Å². The van der Waals surface area contributed by atoms with E-state index >= 15 is 0 Å². The van der Waals surface area contributed by atoms with Gasteiger partial charge in [-0.15, -0.1) is 0 Å². The van der Waals surface area contributed by atoms with Crippen molar-refractivity contribution in [3.05, 3.63) is 120 Å². The van der Waals surface area contributed by atoms with Gasteiger partial charge >= 0.3 is 5.97 Å². The quantitative estimate of drug-likeness (QED) is 0.296. The maximum absolute atomic E-state index is 12.9. The molecule has 1 N–H and O–H groups in total. The minimum Gasteiger partial charge on any atom is -0.481 e. The number of carboxylic acid groups (broad SMARTS) is 1. The van der Waals surface area contributed by atoms with Gasteiger partial charge in [-0.2, -0.15) is 0 Å². The van der Waals surface area contributed by atoms with Gasteiger partial charge in [-0.25, -0.2) is 0 Å². The van der Waals surface area contributed by atoms with Crippen LogP contribution in [0.3, 0.4) is 0 Å². The third-order valence-electron chi connectivity index (χ3n) is 5.39. The van der Waals surface area contributed by atoms with Crippen molar-refractivity contribution in [1.29, 1.82) is 0 Å². The molecule has 0 fully saturated rings. The summed E-state index contributed by atoms with van der Waals surface area (Å²) in [5.74, 6) is -2.60. The van der Waals surface area contributed by atoms with E-state index < -0.39 is 11.9 Å². The van der Waals surface area contributed by atoms with Gasteiger partial charge in [-0.3, -0.25) is 9.59 Å². The molecule has 0 bridgehead atoms. The van der Waals surface area contributed by atoms with Crippen molar-refractivity contribution < 1.29 is 14.7 Å². The topological polar surface area (TPSA) is 54.4 Å². The van der Waals surface area contributed by atoms with Crippen molar-refractivity contribution >= 4 is 11.8 Å². The van der Waals surface area contributed by atoms with E-state index in [1.807, 2.05) is 97.1 Å². The molecule has 0 aliphatic heterocycles. The first-order valence-electron chi connectivity index (χ1n) is 10.2. The molecule has 31 heavy (non-hydrogen) atoms. The van der Waals surface area contributed by atoms with Crippen LogP contribution in [0.2, 0.25) is 0 Å². The second kappa shape index (κ2) is 9.23. The van der Waals surface area contributed by atoms with Crippen molar-refractivity contribution in [3.63, 3.8) is 0 Å². The Bertz CT molecular complexity index is 1160. The van der Waals surface area contributed by atoms with Crippen LogP contribution in [0.25, 0.3) is 22.3 Å². The zero-order chi connectivity index (χ0) is 21.6. The molecule has 0 spiro atoms. The molecule has 0 aliphatic rings. The van der Waals surface area contributed by atoms with E-state index in [1.54, 1.807) is 12.1 Å². The fourth-order valence-electron chi connectivity index (χ4n) is 3.65. The monoisotopic (exact) mass is 406 g/mol. The van der Waals surface area contributed by atoms with Gasteiger partial charge < -0.3 is 5.11 Å². The Labute approximate surface area is 181 Å². The minimum absolute atomic E-state index is 0.156. The molecule has 1 atom stereocenters. The largest absolute Gasteiger partial charge is 0.481 e. The molecule has 0 aliphatic carbocycles. The maximum atomic E-state index is 12.9. The Balaban J connectivity index is 1.51. The molecule has 0 aromatic heterocycles. The zero-order valence-electron chi connectivity index (χ0n) is 16.9. The molecule has 0 radical (unpaired) electrons. The molecule has 0 saturated heterocycles. The Morgan fingerprint density at radius 3 is 1.45 bits per heavy atom. The minimum atomic E-state index is -1.12. The first kappa shape index (κ1) is 20.3. The van der Waals surface area contributed by atoms with E-state index in [9.17, 15) is 14.7 Å². The lowest BCUT2D eigenvalue weighted by molar-refractivity contribution is -0.139. The van der Waals surface area contributed by atoms with Crippen LogP contribution in [-0.4, -0.2) is 16.9 Å². The van der Waals surface area contributed by atoms with Crippen LogP contribution in [0.15, 0.2) is 109 Å². The lowest BCUT2D eigenvalue weighted by Crippen LogP contribution is -2.26. The Kier molecular flexibility index (Phi) is 6.04. The van der Waals surface area contributed by atoms with Crippen molar-refractivity contribution in [2.45, 2.75) is 6.42 Å². The summed E-state index contributed by atoms with van der Waals surface area (Å²) in [6.07, 6.45) is 0.156. The SMILES string of the molecule is O=C(O)C(Cc1ccc(-c2ccccc2)cc1)C(=O)c1ccc(-c2ccccc2)cc1.